The molecule has 0 aromatic heterocycles. The van der Waals surface area contributed by atoms with Crippen LogP contribution in [0, 0.1) is 5.82 Å². The fourth-order valence-corrected chi connectivity index (χ4v) is 3.34. The molecule has 0 aliphatic carbocycles. The Bertz CT molecular complexity index is 795. The van der Waals surface area contributed by atoms with Gasteiger partial charge >= 0.3 is 5.97 Å². The second kappa shape index (κ2) is 7.03. The zero-order valence-electron chi connectivity index (χ0n) is 13.8. The van der Waals surface area contributed by atoms with Crippen LogP contribution in [-0.2, 0) is 4.79 Å². The third kappa shape index (κ3) is 3.53. The molecule has 6 heteroatoms. The van der Waals surface area contributed by atoms with Crippen molar-refractivity contribution < 1.29 is 19.1 Å². The van der Waals surface area contributed by atoms with Crippen LogP contribution in [0.3, 0.4) is 0 Å². The number of carboxylic acid groups (broad SMARTS) is 1. The Kier molecular flexibility index (Phi) is 4.81. The molecule has 5 nitrogen and oxygen atoms in total. The van der Waals surface area contributed by atoms with E-state index in [1.807, 2.05) is 42.3 Å². The summed E-state index contributed by atoms with van der Waals surface area (Å²) in [6.45, 7) is 0.776. The minimum atomic E-state index is -1.21. The minimum Gasteiger partial charge on any atom is -0.478 e. The lowest BCUT2D eigenvalue weighted by molar-refractivity contribution is -0.120. The fraction of sp³-hybridized carbons (Fsp3) is 0.263. The van der Waals surface area contributed by atoms with Gasteiger partial charge < -0.3 is 10.4 Å². The van der Waals surface area contributed by atoms with E-state index in [2.05, 4.69) is 5.32 Å². The molecule has 0 saturated carbocycles. The van der Waals surface area contributed by atoms with E-state index in [1.165, 1.54) is 12.1 Å². The Labute approximate surface area is 145 Å². The van der Waals surface area contributed by atoms with Crippen LogP contribution >= 0.6 is 0 Å². The summed E-state index contributed by atoms with van der Waals surface area (Å²) >= 11 is 0. The zero-order chi connectivity index (χ0) is 18.0. The summed E-state index contributed by atoms with van der Waals surface area (Å²) in [5.74, 6) is -2.23. The summed E-state index contributed by atoms with van der Waals surface area (Å²) in [4.78, 5) is 25.6. The van der Waals surface area contributed by atoms with Gasteiger partial charge in [-0.2, -0.15) is 0 Å². The molecule has 1 aliphatic rings. The molecular formula is C19H19FN2O3. The third-order valence-corrected chi connectivity index (χ3v) is 4.62. The lowest BCUT2D eigenvalue weighted by Gasteiger charge is -2.24. The van der Waals surface area contributed by atoms with Crippen molar-refractivity contribution in [1.82, 2.24) is 4.90 Å². The number of benzene rings is 2. The van der Waals surface area contributed by atoms with Gasteiger partial charge in [0, 0.05) is 5.92 Å². The lowest BCUT2D eigenvalue weighted by Crippen LogP contribution is -2.40. The Morgan fingerprint density at radius 3 is 2.56 bits per heavy atom. The second-order valence-electron chi connectivity index (χ2n) is 6.22. The van der Waals surface area contributed by atoms with Crippen LogP contribution in [0.25, 0.3) is 0 Å². The van der Waals surface area contributed by atoms with Gasteiger partial charge in [-0.15, -0.1) is 0 Å². The maximum atomic E-state index is 14.1. The molecule has 0 bridgehead atoms. The molecule has 0 spiro atoms. The number of carbonyl (C=O) groups is 2. The highest BCUT2D eigenvalue weighted by atomic mass is 19.1. The topological polar surface area (TPSA) is 69.6 Å². The van der Waals surface area contributed by atoms with Crippen molar-refractivity contribution in [3.63, 3.8) is 0 Å². The average molecular weight is 342 g/mol. The van der Waals surface area contributed by atoms with Gasteiger partial charge in [0.1, 0.15) is 5.82 Å². The first-order valence-electron chi connectivity index (χ1n) is 8.06. The van der Waals surface area contributed by atoms with Crippen molar-refractivity contribution in [1.29, 1.82) is 0 Å². The number of hydrogen-bond acceptors (Lipinski definition) is 3. The van der Waals surface area contributed by atoms with Crippen molar-refractivity contribution >= 4 is 17.6 Å². The molecule has 25 heavy (non-hydrogen) atoms. The lowest BCUT2D eigenvalue weighted by atomic mass is 9.91. The number of nitrogens with zero attached hydrogens (tertiary/aromatic N) is 1. The highest BCUT2D eigenvalue weighted by molar-refractivity contribution is 5.96. The quantitative estimate of drug-likeness (QED) is 0.896. The largest absolute Gasteiger partial charge is 0.478 e. The summed E-state index contributed by atoms with van der Waals surface area (Å²) in [5, 5.41) is 11.5. The van der Waals surface area contributed by atoms with E-state index in [-0.39, 0.29) is 23.1 Å². The molecule has 0 radical (unpaired) electrons. The predicted octanol–water partition coefficient (Wildman–Crippen LogP) is 2.95. The smallest absolute Gasteiger partial charge is 0.335 e. The van der Waals surface area contributed by atoms with Crippen molar-refractivity contribution in [3.8, 4) is 0 Å². The maximum Gasteiger partial charge on any atom is 0.335 e. The number of carboxylic acids is 1. The van der Waals surface area contributed by atoms with Crippen LogP contribution in [0.2, 0.25) is 0 Å². The third-order valence-electron chi connectivity index (χ3n) is 4.62. The number of halogens is 1. The van der Waals surface area contributed by atoms with Crippen LogP contribution in [0.15, 0.2) is 48.5 Å². The molecule has 1 saturated heterocycles. The van der Waals surface area contributed by atoms with Crippen LogP contribution < -0.4 is 5.32 Å². The first-order chi connectivity index (χ1) is 12.0. The standard InChI is InChI=1S/C19H19FN2O3/c1-22-10-9-14(12-5-3-2-4-6-12)17(22)18(23)21-16-8-7-13(19(24)25)11-15(16)20/h2-8,11,14,17H,9-10H2,1H3,(H,21,23)(H,24,25)/t14-,17?/m1/s1. The Morgan fingerprint density at radius 1 is 1.20 bits per heavy atom. The molecule has 1 amide bonds. The number of aromatic carboxylic acids is 1. The van der Waals surface area contributed by atoms with Gasteiger partial charge in [-0.25, -0.2) is 9.18 Å². The molecule has 2 atom stereocenters. The van der Waals surface area contributed by atoms with E-state index >= 15 is 0 Å². The minimum absolute atomic E-state index is 0.0119. The number of hydrogen-bond donors (Lipinski definition) is 2. The van der Waals surface area contributed by atoms with E-state index in [9.17, 15) is 14.0 Å². The molecule has 1 fully saturated rings. The zero-order valence-corrected chi connectivity index (χ0v) is 13.8. The van der Waals surface area contributed by atoms with E-state index in [1.54, 1.807) is 0 Å². The van der Waals surface area contributed by atoms with Gasteiger partial charge in [-0.3, -0.25) is 9.69 Å². The summed E-state index contributed by atoms with van der Waals surface area (Å²) < 4.78 is 14.1. The van der Waals surface area contributed by atoms with Gasteiger partial charge in [0.25, 0.3) is 0 Å². The molecule has 3 rings (SSSR count). The van der Waals surface area contributed by atoms with Crippen LogP contribution in [0.5, 0.6) is 0 Å². The maximum absolute atomic E-state index is 14.1. The Hall–Kier alpha value is -2.73. The van der Waals surface area contributed by atoms with Crippen molar-refractivity contribution in [2.45, 2.75) is 18.4 Å². The number of carbonyl (C=O) groups excluding carboxylic acids is 1. The molecule has 2 aromatic carbocycles. The summed E-state index contributed by atoms with van der Waals surface area (Å²) in [7, 11) is 1.87. The molecular weight excluding hydrogens is 323 g/mol. The summed E-state index contributed by atoms with van der Waals surface area (Å²) in [5.41, 5.74) is 0.909. The normalized spacial score (nSPS) is 20.4. The van der Waals surface area contributed by atoms with Crippen molar-refractivity contribution in [2.24, 2.45) is 0 Å². The second-order valence-corrected chi connectivity index (χ2v) is 6.22. The molecule has 1 heterocycles. The SMILES string of the molecule is CN1CC[C@H](c2ccccc2)C1C(=O)Nc1ccc(C(=O)O)cc1F. The first kappa shape index (κ1) is 17.1. The summed E-state index contributed by atoms with van der Waals surface area (Å²) in [6, 6.07) is 12.8. The monoisotopic (exact) mass is 342 g/mol. The number of likely N-dealkylation sites (N-methyl/N-ethyl adjacent to an activating group) is 1. The van der Waals surface area contributed by atoms with E-state index in [4.69, 9.17) is 5.11 Å². The number of nitrogens with one attached hydrogen (secondary N) is 1. The highest BCUT2D eigenvalue weighted by Gasteiger charge is 2.38. The fourth-order valence-electron chi connectivity index (χ4n) is 3.34. The molecule has 2 N–H and O–H groups in total. The number of likely N-dealkylation sites (tertiary alicyclic amines) is 1. The van der Waals surface area contributed by atoms with E-state index in [0.717, 1.165) is 24.6 Å². The van der Waals surface area contributed by atoms with Crippen LogP contribution in [0.1, 0.15) is 28.3 Å². The van der Waals surface area contributed by atoms with Gasteiger partial charge in [-0.05, 0) is 43.8 Å². The highest BCUT2D eigenvalue weighted by Crippen LogP contribution is 2.33. The number of rotatable bonds is 4. The predicted molar refractivity (Wildman–Crippen MR) is 92.2 cm³/mol. The Morgan fingerprint density at radius 2 is 1.92 bits per heavy atom. The summed E-state index contributed by atoms with van der Waals surface area (Å²) in [6.07, 6.45) is 0.846. The van der Waals surface area contributed by atoms with Gasteiger partial charge in [0.15, 0.2) is 0 Å². The molecule has 130 valence electrons. The first-order valence-corrected chi connectivity index (χ1v) is 8.06. The number of amides is 1. The molecule has 2 aromatic rings. The molecule has 1 aliphatic heterocycles. The number of anilines is 1. The van der Waals surface area contributed by atoms with E-state index in [0.29, 0.717) is 0 Å². The molecule has 1 unspecified atom stereocenters. The Balaban J connectivity index is 1.81. The van der Waals surface area contributed by atoms with Crippen molar-refractivity contribution in [2.75, 3.05) is 18.9 Å². The van der Waals surface area contributed by atoms with Crippen LogP contribution in [0.4, 0.5) is 10.1 Å². The van der Waals surface area contributed by atoms with E-state index < -0.39 is 17.8 Å². The van der Waals surface area contributed by atoms with Crippen molar-refractivity contribution in [3.05, 3.63) is 65.5 Å². The van der Waals surface area contributed by atoms with Gasteiger partial charge in [-0.1, -0.05) is 30.3 Å². The van der Waals surface area contributed by atoms with Crippen LogP contribution in [-0.4, -0.2) is 41.5 Å². The van der Waals surface area contributed by atoms with Gasteiger partial charge in [0.2, 0.25) is 5.91 Å². The average Bonchev–Trinajstić information content (AvgIpc) is 2.99. The van der Waals surface area contributed by atoms with Gasteiger partial charge in [0.05, 0.1) is 17.3 Å².